The second-order valence-corrected chi connectivity index (χ2v) is 5.40. The fourth-order valence-electron chi connectivity index (χ4n) is 2.06. The first-order valence-electron chi connectivity index (χ1n) is 8.32. The number of hydrogen-bond acceptors (Lipinski definition) is 6. The van der Waals surface area contributed by atoms with Gasteiger partial charge in [-0.15, -0.1) is 0 Å². The lowest BCUT2D eigenvalue weighted by Crippen LogP contribution is -2.36. The minimum Gasteiger partial charge on any atom is -0.445 e. The van der Waals surface area contributed by atoms with E-state index in [4.69, 9.17) is 9.47 Å². The summed E-state index contributed by atoms with van der Waals surface area (Å²) in [6.07, 6.45) is 1.84. The number of aliphatic hydroxyl groups is 2. The van der Waals surface area contributed by atoms with Crippen molar-refractivity contribution in [2.45, 2.75) is 39.0 Å². The Hall–Kier alpha value is -2.64. The Bertz CT molecular complexity index is 636. The van der Waals surface area contributed by atoms with Gasteiger partial charge in [0.2, 0.25) is 0 Å². The van der Waals surface area contributed by atoms with E-state index in [9.17, 15) is 19.8 Å². The molecule has 0 aliphatic carbocycles. The van der Waals surface area contributed by atoms with Crippen LogP contribution in [0.1, 0.15) is 38.3 Å². The van der Waals surface area contributed by atoms with Crippen molar-refractivity contribution < 1.29 is 29.3 Å². The summed E-state index contributed by atoms with van der Waals surface area (Å²) in [6, 6.07) is 4.96. The first-order chi connectivity index (χ1) is 12.4. The maximum Gasteiger partial charge on any atom is 0.408 e. The SMILES string of the molecule is C=C/C(=C\CC)COC(=O)NC(c1ccc(OC(=O)CC)cc1)C(O)O. The molecule has 1 amide bonds. The van der Waals surface area contributed by atoms with Gasteiger partial charge in [-0.1, -0.05) is 44.7 Å². The number of hydrogen-bond donors (Lipinski definition) is 3. The average Bonchev–Trinajstić information content (AvgIpc) is 2.63. The third-order valence-electron chi connectivity index (χ3n) is 3.43. The Morgan fingerprint density at radius 2 is 1.88 bits per heavy atom. The van der Waals surface area contributed by atoms with Crippen LogP contribution in [0.4, 0.5) is 4.79 Å². The van der Waals surface area contributed by atoms with E-state index in [0.29, 0.717) is 11.3 Å². The van der Waals surface area contributed by atoms with Gasteiger partial charge >= 0.3 is 12.1 Å². The molecule has 26 heavy (non-hydrogen) atoms. The van der Waals surface area contributed by atoms with Crippen molar-refractivity contribution in [1.82, 2.24) is 5.32 Å². The molecule has 7 nitrogen and oxygen atoms in total. The van der Waals surface area contributed by atoms with Gasteiger partial charge in [-0.05, 0) is 29.7 Å². The van der Waals surface area contributed by atoms with Crippen molar-refractivity contribution in [3.05, 3.63) is 54.1 Å². The lowest BCUT2D eigenvalue weighted by molar-refractivity contribution is -0.134. The summed E-state index contributed by atoms with van der Waals surface area (Å²) in [5.74, 6) is -0.0500. The maximum absolute atomic E-state index is 11.9. The summed E-state index contributed by atoms with van der Waals surface area (Å²) in [7, 11) is 0. The summed E-state index contributed by atoms with van der Waals surface area (Å²) in [6.45, 7) is 7.29. The minimum absolute atomic E-state index is 0.0311. The van der Waals surface area contributed by atoms with E-state index in [1.54, 1.807) is 13.0 Å². The maximum atomic E-state index is 11.9. The van der Waals surface area contributed by atoms with Gasteiger partial charge in [0.05, 0.1) is 0 Å². The Morgan fingerprint density at radius 1 is 1.23 bits per heavy atom. The summed E-state index contributed by atoms with van der Waals surface area (Å²) < 4.78 is 10.1. The quantitative estimate of drug-likeness (QED) is 0.270. The van der Waals surface area contributed by atoms with Crippen LogP contribution in [0, 0.1) is 0 Å². The Morgan fingerprint density at radius 3 is 2.38 bits per heavy atom. The molecule has 1 aromatic rings. The number of esters is 1. The van der Waals surface area contributed by atoms with E-state index in [2.05, 4.69) is 11.9 Å². The van der Waals surface area contributed by atoms with Gasteiger partial charge in [-0.2, -0.15) is 0 Å². The van der Waals surface area contributed by atoms with Crippen molar-refractivity contribution >= 4 is 12.1 Å². The number of alkyl carbamates (subject to hydrolysis) is 1. The molecule has 0 spiro atoms. The normalized spacial score (nSPS) is 12.4. The molecule has 1 aromatic carbocycles. The summed E-state index contributed by atoms with van der Waals surface area (Å²) in [5.41, 5.74) is 1.17. The van der Waals surface area contributed by atoms with Gasteiger partial charge in [0.25, 0.3) is 0 Å². The van der Waals surface area contributed by atoms with Crippen molar-refractivity contribution in [2.75, 3.05) is 6.61 Å². The molecule has 0 aromatic heterocycles. The minimum atomic E-state index is -1.84. The number of amides is 1. The molecule has 0 aliphatic heterocycles. The molecule has 0 bridgehead atoms. The van der Waals surface area contributed by atoms with E-state index in [1.165, 1.54) is 24.3 Å². The van der Waals surface area contributed by atoms with Crippen LogP contribution in [0.15, 0.2) is 48.6 Å². The van der Waals surface area contributed by atoms with Gasteiger partial charge in [0.1, 0.15) is 18.4 Å². The van der Waals surface area contributed by atoms with Crippen LogP contribution in [0.2, 0.25) is 0 Å². The molecule has 1 atom stereocenters. The molecule has 0 radical (unpaired) electrons. The Balaban J connectivity index is 2.73. The molecule has 0 saturated carbocycles. The monoisotopic (exact) mass is 363 g/mol. The van der Waals surface area contributed by atoms with E-state index < -0.39 is 18.4 Å². The molecule has 7 heteroatoms. The zero-order valence-electron chi connectivity index (χ0n) is 15.0. The molecular formula is C19H25NO6. The van der Waals surface area contributed by atoms with Gasteiger partial charge < -0.3 is 25.0 Å². The fourth-order valence-corrected chi connectivity index (χ4v) is 2.06. The summed E-state index contributed by atoms with van der Waals surface area (Å²) in [4.78, 5) is 23.2. The van der Waals surface area contributed by atoms with Crippen LogP contribution in [0.3, 0.4) is 0 Å². The van der Waals surface area contributed by atoms with Gasteiger partial charge in [-0.25, -0.2) is 4.79 Å². The second-order valence-electron chi connectivity index (χ2n) is 5.40. The fraction of sp³-hybridized carbons (Fsp3) is 0.368. The molecule has 142 valence electrons. The van der Waals surface area contributed by atoms with Crippen LogP contribution < -0.4 is 10.1 Å². The highest BCUT2D eigenvalue weighted by Gasteiger charge is 2.22. The van der Waals surface area contributed by atoms with Gasteiger partial charge in [0.15, 0.2) is 6.29 Å². The van der Waals surface area contributed by atoms with Crippen molar-refractivity contribution in [3.63, 3.8) is 0 Å². The Labute approximate surface area is 152 Å². The number of benzene rings is 1. The van der Waals surface area contributed by atoms with Crippen LogP contribution in [0.5, 0.6) is 5.75 Å². The van der Waals surface area contributed by atoms with Crippen LogP contribution >= 0.6 is 0 Å². The van der Waals surface area contributed by atoms with Crippen LogP contribution in [-0.4, -0.2) is 35.2 Å². The average molecular weight is 363 g/mol. The number of ether oxygens (including phenoxy) is 2. The molecule has 1 unspecified atom stereocenters. The Kier molecular flexibility index (Phi) is 9.11. The van der Waals surface area contributed by atoms with Crippen molar-refractivity contribution in [1.29, 1.82) is 0 Å². The largest absolute Gasteiger partial charge is 0.445 e. The van der Waals surface area contributed by atoms with E-state index in [1.807, 2.05) is 13.0 Å². The standard InChI is InChI=1S/C19H25NO6/c1-4-7-13(5-2)12-25-19(24)20-17(18(22)23)14-8-10-15(11-9-14)26-16(21)6-3/h5,7-11,17-18,22-23H,2,4,6,12H2,1,3H3,(H,20,24)/b13-7+. The smallest absolute Gasteiger partial charge is 0.408 e. The summed E-state index contributed by atoms with van der Waals surface area (Å²) >= 11 is 0. The first-order valence-corrected chi connectivity index (χ1v) is 8.32. The third kappa shape index (κ3) is 7.08. The number of aliphatic hydroxyl groups excluding tert-OH is 1. The van der Waals surface area contributed by atoms with Crippen LogP contribution in [-0.2, 0) is 9.53 Å². The number of allylic oxidation sites excluding steroid dienone is 1. The van der Waals surface area contributed by atoms with Crippen molar-refractivity contribution in [3.8, 4) is 5.75 Å². The number of carbonyl (C=O) groups excluding carboxylic acids is 2. The zero-order valence-corrected chi connectivity index (χ0v) is 15.0. The molecule has 1 rings (SSSR count). The number of carbonyl (C=O) groups is 2. The molecule has 0 fully saturated rings. The highest BCUT2D eigenvalue weighted by atomic mass is 16.6. The molecule has 0 saturated heterocycles. The molecule has 0 heterocycles. The van der Waals surface area contributed by atoms with E-state index in [0.717, 1.165) is 12.0 Å². The second kappa shape index (κ2) is 11.1. The topological polar surface area (TPSA) is 105 Å². The lowest BCUT2D eigenvalue weighted by atomic mass is 10.1. The summed E-state index contributed by atoms with van der Waals surface area (Å²) in [5, 5.41) is 21.5. The number of nitrogens with one attached hydrogen (secondary N) is 1. The molecular weight excluding hydrogens is 338 g/mol. The van der Waals surface area contributed by atoms with Gasteiger partial charge in [-0.3, -0.25) is 4.79 Å². The lowest BCUT2D eigenvalue weighted by Gasteiger charge is -2.21. The number of rotatable bonds is 9. The predicted molar refractivity (Wildman–Crippen MR) is 96.4 cm³/mol. The molecule has 3 N–H and O–H groups in total. The van der Waals surface area contributed by atoms with E-state index >= 15 is 0 Å². The zero-order chi connectivity index (χ0) is 19.5. The predicted octanol–water partition coefficient (Wildman–Crippen LogP) is 2.60. The highest BCUT2D eigenvalue weighted by molar-refractivity contribution is 5.72. The third-order valence-corrected chi connectivity index (χ3v) is 3.43. The van der Waals surface area contributed by atoms with Gasteiger partial charge in [0, 0.05) is 6.42 Å². The highest BCUT2D eigenvalue weighted by Crippen LogP contribution is 2.20. The van der Waals surface area contributed by atoms with Crippen molar-refractivity contribution in [2.24, 2.45) is 0 Å². The van der Waals surface area contributed by atoms with Crippen LogP contribution in [0.25, 0.3) is 0 Å². The molecule has 0 aliphatic rings. The first kappa shape index (κ1) is 21.4. The van der Waals surface area contributed by atoms with E-state index in [-0.39, 0.29) is 19.0 Å².